The third kappa shape index (κ3) is 3.43. The lowest BCUT2D eigenvalue weighted by molar-refractivity contribution is -0.136. The summed E-state index contributed by atoms with van der Waals surface area (Å²) in [7, 11) is 0. The average molecular weight is 265 g/mol. The minimum atomic E-state index is -0.310. The Morgan fingerprint density at radius 1 is 1.53 bits per heavy atom. The van der Waals surface area contributed by atoms with E-state index in [4.69, 9.17) is 0 Å². The third-order valence-electron chi connectivity index (χ3n) is 3.01. The molecule has 1 aromatic rings. The van der Waals surface area contributed by atoms with Gasteiger partial charge in [-0.15, -0.1) is 0 Å². The highest BCUT2D eigenvalue weighted by molar-refractivity contribution is 5.87. The number of amides is 2. The largest absolute Gasteiger partial charge is 0.376 e. The molecule has 1 aromatic carbocycles. The Bertz CT molecular complexity index is 505. The molecule has 0 radical (unpaired) electrons. The molecule has 2 rings (SSSR count). The highest BCUT2D eigenvalue weighted by atomic mass is 19.1. The van der Waals surface area contributed by atoms with Crippen molar-refractivity contribution in [1.82, 2.24) is 10.2 Å². The van der Waals surface area contributed by atoms with Crippen LogP contribution < -0.4 is 10.6 Å². The minimum Gasteiger partial charge on any atom is -0.376 e. The number of nitrogens with zero attached hydrogens (tertiary/aromatic N) is 1. The standard InChI is InChI=1S/C13H16FN3O2/c1-9-2-3-10(6-11(9)14)16-7-13(19)17-5-4-15-12(18)8-17/h2-3,6,16H,4-5,7-8H2,1H3,(H,15,18). The fourth-order valence-corrected chi connectivity index (χ4v) is 1.84. The topological polar surface area (TPSA) is 61.4 Å². The highest BCUT2D eigenvalue weighted by Crippen LogP contribution is 2.13. The maximum absolute atomic E-state index is 13.3. The first-order valence-electron chi connectivity index (χ1n) is 6.11. The van der Waals surface area contributed by atoms with Gasteiger partial charge in [-0.05, 0) is 24.6 Å². The van der Waals surface area contributed by atoms with Crippen LogP contribution in [0.2, 0.25) is 0 Å². The molecule has 0 bridgehead atoms. The molecular weight excluding hydrogens is 249 g/mol. The number of hydrogen-bond donors (Lipinski definition) is 2. The van der Waals surface area contributed by atoms with Gasteiger partial charge in [0.15, 0.2) is 0 Å². The number of anilines is 1. The van der Waals surface area contributed by atoms with Crippen molar-refractivity contribution in [2.75, 3.05) is 31.5 Å². The molecule has 1 saturated heterocycles. The number of rotatable bonds is 3. The Kier molecular flexibility index (Phi) is 3.99. The zero-order chi connectivity index (χ0) is 13.8. The summed E-state index contributed by atoms with van der Waals surface area (Å²) in [6.45, 7) is 2.80. The highest BCUT2D eigenvalue weighted by Gasteiger charge is 2.20. The lowest BCUT2D eigenvalue weighted by Gasteiger charge is -2.26. The van der Waals surface area contributed by atoms with E-state index in [-0.39, 0.29) is 30.7 Å². The van der Waals surface area contributed by atoms with E-state index < -0.39 is 0 Å². The molecule has 0 atom stereocenters. The summed E-state index contributed by atoms with van der Waals surface area (Å²) < 4.78 is 13.3. The first-order chi connectivity index (χ1) is 9.06. The molecule has 1 aliphatic heterocycles. The summed E-state index contributed by atoms with van der Waals surface area (Å²) in [5, 5.41) is 5.51. The first-order valence-corrected chi connectivity index (χ1v) is 6.11. The van der Waals surface area contributed by atoms with Crippen molar-refractivity contribution in [2.45, 2.75) is 6.92 Å². The van der Waals surface area contributed by atoms with Crippen LogP contribution in [0.4, 0.5) is 10.1 Å². The van der Waals surface area contributed by atoms with Crippen LogP contribution in [0.25, 0.3) is 0 Å². The number of halogens is 1. The van der Waals surface area contributed by atoms with Crippen molar-refractivity contribution in [1.29, 1.82) is 0 Å². The molecule has 0 spiro atoms. The summed E-state index contributed by atoms with van der Waals surface area (Å²) in [6, 6.07) is 4.72. The minimum absolute atomic E-state index is 0.0514. The SMILES string of the molecule is Cc1ccc(NCC(=O)N2CCNC(=O)C2)cc1F. The van der Waals surface area contributed by atoms with Crippen molar-refractivity contribution in [3.8, 4) is 0 Å². The van der Waals surface area contributed by atoms with Crippen molar-refractivity contribution >= 4 is 17.5 Å². The summed E-state index contributed by atoms with van der Waals surface area (Å²) in [6.07, 6.45) is 0. The van der Waals surface area contributed by atoms with Gasteiger partial charge in [0.1, 0.15) is 5.82 Å². The van der Waals surface area contributed by atoms with Crippen LogP contribution in [0, 0.1) is 12.7 Å². The van der Waals surface area contributed by atoms with Crippen molar-refractivity contribution in [3.05, 3.63) is 29.6 Å². The first kappa shape index (κ1) is 13.3. The van der Waals surface area contributed by atoms with Gasteiger partial charge in [-0.25, -0.2) is 4.39 Å². The Balaban J connectivity index is 1.89. The van der Waals surface area contributed by atoms with E-state index in [0.717, 1.165) is 0 Å². The zero-order valence-corrected chi connectivity index (χ0v) is 10.7. The molecule has 1 heterocycles. The van der Waals surface area contributed by atoms with Crippen LogP contribution in [0.15, 0.2) is 18.2 Å². The number of carbonyl (C=O) groups excluding carboxylic acids is 2. The Labute approximate surface area is 110 Å². The monoisotopic (exact) mass is 265 g/mol. The van der Waals surface area contributed by atoms with Crippen LogP contribution in [0.1, 0.15) is 5.56 Å². The Morgan fingerprint density at radius 3 is 3.00 bits per heavy atom. The van der Waals surface area contributed by atoms with Gasteiger partial charge in [0.05, 0.1) is 13.1 Å². The van der Waals surface area contributed by atoms with E-state index in [1.165, 1.54) is 11.0 Å². The Hall–Kier alpha value is -2.11. The van der Waals surface area contributed by atoms with Crippen LogP contribution >= 0.6 is 0 Å². The second-order valence-corrected chi connectivity index (χ2v) is 4.48. The lowest BCUT2D eigenvalue weighted by atomic mass is 10.2. The van der Waals surface area contributed by atoms with E-state index in [1.807, 2.05) is 0 Å². The van der Waals surface area contributed by atoms with Gasteiger partial charge < -0.3 is 15.5 Å². The Morgan fingerprint density at radius 2 is 2.32 bits per heavy atom. The van der Waals surface area contributed by atoms with Crippen LogP contribution in [-0.4, -0.2) is 42.9 Å². The summed E-state index contributed by atoms with van der Waals surface area (Å²) >= 11 is 0. The van der Waals surface area contributed by atoms with Gasteiger partial charge in [-0.1, -0.05) is 6.07 Å². The van der Waals surface area contributed by atoms with E-state index in [2.05, 4.69) is 10.6 Å². The number of hydrogen-bond acceptors (Lipinski definition) is 3. The maximum Gasteiger partial charge on any atom is 0.242 e. The molecule has 0 aromatic heterocycles. The van der Waals surface area contributed by atoms with Gasteiger partial charge in [-0.3, -0.25) is 9.59 Å². The van der Waals surface area contributed by atoms with Gasteiger partial charge in [-0.2, -0.15) is 0 Å². The van der Waals surface area contributed by atoms with E-state index >= 15 is 0 Å². The average Bonchev–Trinajstić information content (AvgIpc) is 2.40. The van der Waals surface area contributed by atoms with E-state index in [9.17, 15) is 14.0 Å². The van der Waals surface area contributed by atoms with Crippen molar-refractivity contribution in [3.63, 3.8) is 0 Å². The predicted octanol–water partition coefficient (Wildman–Crippen LogP) is 0.504. The number of piperazine rings is 1. The van der Waals surface area contributed by atoms with E-state index in [1.54, 1.807) is 19.1 Å². The molecule has 1 aliphatic rings. The summed E-state index contributed by atoms with van der Waals surface area (Å²) in [5.41, 5.74) is 1.11. The number of nitrogens with one attached hydrogen (secondary N) is 2. The number of carbonyl (C=O) groups is 2. The van der Waals surface area contributed by atoms with Gasteiger partial charge in [0.2, 0.25) is 11.8 Å². The molecular formula is C13H16FN3O2. The smallest absolute Gasteiger partial charge is 0.242 e. The molecule has 0 saturated carbocycles. The van der Waals surface area contributed by atoms with Gasteiger partial charge in [0, 0.05) is 18.8 Å². The molecule has 102 valence electrons. The summed E-state index contributed by atoms with van der Waals surface area (Å²) in [5.74, 6) is -0.633. The lowest BCUT2D eigenvalue weighted by Crippen LogP contribution is -2.51. The molecule has 2 N–H and O–H groups in total. The van der Waals surface area contributed by atoms with Crippen molar-refractivity contribution < 1.29 is 14.0 Å². The zero-order valence-electron chi connectivity index (χ0n) is 10.7. The molecule has 2 amide bonds. The summed E-state index contributed by atoms with van der Waals surface area (Å²) in [4.78, 5) is 24.5. The third-order valence-corrected chi connectivity index (χ3v) is 3.01. The van der Waals surface area contributed by atoms with Crippen molar-refractivity contribution in [2.24, 2.45) is 0 Å². The van der Waals surface area contributed by atoms with E-state index in [0.29, 0.717) is 24.3 Å². The number of aryl methyl sites for hydroxylation is 1. The number of benzene rings is 1. The van der Waals surface area contributed by atoms with Crippen LogP contribution in [-0.2, 0) is 9.59 Å². The molecule has 1 fully saturated rings. The molecule has 5 nitrogen and oxygen atoms in total. The fraction of sp³-hybridized carbons (Fsp3) is 0.385. The quantitative estimate of drug-likeness (QED) is 0.837. The fourth-order valence-electron chi connectivity index (χ4n) is 1.84. The van der Waals surface area contributed by atoms with Gasteiger partial charge >= 0.3 is 0 Å². The normalized spacial score (nSPS) is 15.1. The molecule has 0 aliphatic carbocycles. The predicted molar refractivity (Wildman–Crippen MR) is 69.2 cm³/mol. The van der Waals surface area contributed by atoms with Gasteiger partial charge in [0.25, 0.3) is 0 Å². The molecule has 6 heteroatoms. The molecule has 19 heavy (non-hydrogen) atoms. The van der Waals surface area contributed by atoms with Crippen LogP contribution in [0.5, 0.6) is 0 Å². The molecule has 0 unspecified atom stereocenters. The second-order valence-electron chi connectivity index (χ2n) is 4.48. The maximum atomic E-state index is 13.3. The second kappa shape index (κ2) is 5.69. The van der Waals surface area contributed by atoms with Crippen LogP contribution in [0.3, 0.4) is 0 Å².